The summed E-state index contributed by atoms with van der Waals surface area (Å²) in [7, 11) is 1.59. The van der Waals surface area contributed by atoms with E-state index < -0.39 is 17.8 Å². The normalized spacial score (nSPS) is 12.8. The highest BCUT2D eigenvalue weighted by atomic mass is 32.1. The van der Waals surface area contributed by atoms with Gasteiger partial charge in [0.05, 0.1) is 5.56 Å². The van der Waals surface area contributed by atoms with Crippen LogP contribution in [0.2, 0.25) is 0 Å². The molecule has 3 rings (SSSR count). The van der Waals surface area contributed by atoms with Crippen LogP contribution in [-0.4, -0.2) is 33.0 Å². The third-order valence-corrected chi connectivity index (χ3v) is 4.88. The molecule has 0 N–H and O–H groups in total. The molecule has 2 heterocycles. The van der Waals surface area contributed by atoms with Gasteiger partial charge in [0.15, 0.2) is 5.82 Å². The predicted molar refractivity (Wildman–Crippen MR) is 92.1 cm³/mol. The highest BCUT2D eigenvalue weighted by Gasteiger charge is 2.30. The zero-order valence-electron chi connectivity index (χ0n) is 14.6. The molecule has 27 heavy (non-hydrogen) atoms. The minimum atomic E-state index is -4.39. The summed E-state index contributed by atoms with van der Waals surface area (Å²) in [6, 6.07) is 4.21. The Kier molecular flexibility index (Phi) is 5.01. The van der Waals surface area contributed by atoms with E-state index in [0.717, 1.165) is 12.1 Å². The summed E-state index contributed by atoms with van der Waals surface area (Å²) in [5.41, 5.74) is -0.0294. The zero-order chi connectivity index (χ0) is 19.8. The lowest BCUT2D eigenvalue weighted by molar-refractivity contribution is -0.137. The van der Waals surface area contributed by atoms with Gasteiger partial charge in [0.2, 0.25) is 5.89 Å². The first kappa shape index (κ1) is 19.0. The number of rotatable bonds is 4. The summed E-state index contributed by atoms with van der Waals surface area (Å²) in [6.07, 6.45) is -4.39. The Morgan fingerprint density at radius 2 is 1.89 bits per heavy atom. The van der Waals surface area contributed by atoms with Crippen LogP contribution in [-0.2, 0) is 6.18 Å². The standard InChI is InChI=1S/C17H15F3N4O2S/c1-9(14-21-10(2)23-26-14)24(3)16(25)13-8-27-15(22-13)11-4-6-12(7-5-11)17(18,19)20/h4-9H,1-3H3. The summed E-state index contributed by atoms with van der Waals surface area (Å²) in [5, 5.41) is 5.73. The van der Waals surface area contributed by atoms with E-state index in [0.29, 0.717) is 22.3 Å². The number of aromatic nitrogens is 3. The first-order valence-electron chi connectivity index (χ1n) is 7.87. The molecule has 0 saturated carbocycles. The largest absolute Gasteiger partial charge is 0.416 e. The monoisotopic (exact) mass is 396 g/mol. The first-order chi connectivity index (χ1) is 12.7. The number of amides is 1. The molecule has 0 radical (unpaired) electrons. The molecule has 0 aliphatic carbocycles. The van der Waals surface area contributed by atoms with E-state index in [9.17, 15) is 18.0 Å². The second-order valence-electron chi connectivity index (χ2n) is 5.88. The van der Waals surface area contributed by atoms with Crippen LogP contribution in [0.5, 0.6) is 0 Å². The maximum Gasteiger partial charge on any atom is 0.416 e. The van der Waals surface area contributed by atoms with Crippen LogP contribution in [0, 0.1) is 6.92 Å². The van der Waals surface area contributed by atoms with Gasteiger partial charge in [-0.2, -0.15) is 18.2 Å². The van der Waals surface area contributed by atoms with Gasteiger partial charge < -0.3 is 9.42 Å². The van der Waals surface area contributed by atoms with Crippen molar-refractivity contribution in [2.75, 3.05) is 7.05 Å². The van der Waals surface area contributed by atoms with Gasteiger partial charge in [-0.1, -0.05) is 17.3 Å². The molecule has 6 nitrogen and oxygen atoms in total. The number of carbonyl (C=O) groups is 1. The minimum absolute atomic E-state index is 0.195. The van der Waals surface area contributed by atoms with Crippen LogP contribution in [0.15, 0.2) is 34.2 Å². The molecule has 1 atom stereocenters. The molecule has 0 aliphatic heterocycles. The van der Waals surface area contributed by atoms with E-state index in [1.165, 1.54) is 28.4 Å². The fourth-order valence-corrected chi connectivity index (χ4v) is 3.11. The number of halogens is 3. The topological polar surface area (TPSA) is 72.1 Å². The van der Waals surface area contributed by atoms with Gasteiger partial charge in [0.1, 0.15) is 16.7 Å². The molecule has 1 aromatic carbocycles. The quantitative estimate of drug-likeness (QED) is 0.655. The van der Waals surface area contributed by atoms with Crippen molar-refractivity contribution in [3.8, 4) is 10.6 Å². The first-order valence-corrected chi connectivity index (χ1v) is 8.75. The number of carbonyl (C=O) groups excluding carboxylic acids is 1. The van der Waals surface area contributed by atoms with Gasteiger partial charge in [0, 0.05) is 18.0 Å². The Bertz CT molecular complexity index is 950. The highest BCUT2D eigenvalue weighted by Crippen LogP contribution is 2.32. The van der Waals surface area contributed by atoms with Crippen molar-refractivity contribution in [1.82, 2.24) is 20.0 Å². The SMILES string of the molecule is Cc1noc(C(C)N(C)C(=O)c2csc(-c3ccc(C(F)(F)F)cc3)n2)n1. The smallest absolute Gasteiger partial charge is 0.337 e. The summed E-state index contributed by atoms with van der Waals surface area (Å²) in [6.45, 7) is 3.42. The molecule has 0 fully saturated rings. The summed E-state index contributed by atoms with van der Waals surface area (Å²) < 4.78 is 43.1. The van der Waals surface area contributed by atoms with Crippen LogP contribution >= 0.6 is 11.3 Å². The molecular formula is C17H15F3N4O2S. The van der Waals surface area contributed by atoms with Crippen LogP contribution in [0.25, 0.3) is 10.6 Å². The van der Waals surface area contributed by atoms with Crippen LogP contribution in [0.1, 0.15) is 40.7 Å². The van der Waals surface area contributed by atoms with Crippen molar-refractivity contribution in [1.29, 1.82) is 0 Å². The molecule has 0 spiro atoms. The van der Waals surface area contributed by atoms with Crippen molar-refractivity contribution < 1.29 is 22.5 Å². The lowest BCUT2D eigenvalue weighted by Gasteiger charge is -2.20. The van der Waals surface area contributed by atoms with E-state index in [2.05, 4.69) is 15.1 Å². The molecule has 1 unspecified atom stereocenters. The average molecular weight is 396 g/mol. The molecule has 0 aliphatic rings. The van der Waals surface area contributed by atoms with Gasteiger partial charge in [-0.25, -0.2) is 4.98 Å². The number of benzene rings is 1. The minimum Gasteiger partial charge on any atom is -0.337 e. The van der Waals surface area contributed by atoms with Crippen LogP contribution in [0.4, 0.5) is 13.2 Å². The van der Waals surface area contributed by atoms with Gasteiger partial charge in [-0.05, 0) is 26.0 Å². The lowest BCUT2D eigenvalue weighted by atomic mass is 10.1. The third-order valence-electron chi connectivity index (χ3n) is 3.98. The van der Waals surface area contributed by atoms with E-state index in [-0.39, 0.29) is 11.6 Å². The van der Waals surface area contributed by atoms with Crippen molar-refractivity contribution in [2.24, 2.45) is 0 Å². The fourth-order valence-electron chi connectivity index (χ4n) is 2.31. The molecule has 3 aromatic rings. The summed E-state index contributed by atoms with van der Waals surface area (Å²) in [4.78, 5) is 22.4. The molecule has 2 aromatic heterocycles. The van der Waals surface area contributed by atoms with Crippen molar-refractivity contribution in [3.63, 3.8) is 0 Å². The molecule has 0 bridgehead atoms. The number of hydrogen-bond donors (Lipinski definition) is 0. The molecule has 10 heteroatoms. The maximum absolute atomic E-state index is 12.7. The zero-order valence-corrected chi connectivity index (χ0v) is 15.4. The van der Waals surface area contributed by atoms with Crippen molar-refractivity contribution in [3.05, 3.63) is 52.6 Å². The molecule has 0 saturated heterocycles. The lowest BCUT2D eigenvalue weighted by Crippen LogP contribution is -2.30. The van der Waals surface area contributed by atoms with E-state index in [1.54, 1.807) is 26.3 Å². The Balaban J connectivity index is 1.77. The predicted octanol–water partition coefficient (Wildman–Crippen LogP) is 4.35. The molecule has 142 valence electrons. The van der Waals surface area contributed by atoms with E-state index in [4.69, 9.17) is 4.52 Å². The van der Waals surface area contributed by atoms with Gasteiger partial charge >= 0.3 is 6.18 Å². The fraction of sp³-hybridized carbons (Fsp3) is 0.294. The summed E-state index contributed by atoms with van der Waals surface area (Å²) >= 11 is 1.18. The second kappa shape index (κ2) is 7.10. The van der Waals surface area contributed by atoms with E-state index >= 15 is 0 Å². The Hall–Kier alpha value is -2.75. The van der Waals surface area contributed by atoms with Crippen molar-refractivity contribution >= 4 is 17.2 Å². The number of alkyl halides is 3. The van der Waals surface area contributed by atoms with Crippen LogP contribution in [0.3, 0.4) is 0 Å². The number of hydrogen-bond acceptors (Lipinski definition) is 6. The van der Waals surface area contributed by atoms with Gasteiger partial charge in [0.25, 0.3) is 5.91 Å². The Morgan fingerprint density at radius 3 is 2.44 bits per heavy atom. The average Bonchev–Trinajstić information content (AvgIpc) is 3.28. The van der Waals surface area contributed by atoms with Crippen LogP contribution < -0.4 is 0 Å². The number of aryl methyl sites for hydroxylation is 1. The second-order valence-corrected chi connectivity index (χ2v) is 6.74. The van der Waals surface area contributed by atoms with Gasteiger partial charge in [-0.15, -0.1) is 11.3 Å². The third kappa shape index (κ3) is 4.00. The number of nitrogens with zero attached hydrogens (tertiary/aromatic N) is 4. The van der Waals surface area contributed by atoms with E-state index in [1.807, 2.05) is 0 Å². The Morgan fingerprint density at radius 1 is 1.22 bits per heavy atom. The Labute approximate surface area is 156 Å². The highest BCUT2D eigenvalue weighted by molar-refractivity contribution is 7.13. The molecular weight excluding hydrogens is 381 g/mol. The van der Waals surface area contributed by atoms with Gasteiger partial charge in [-0.3, -0.25) is 4.79 Å². The van der Waals surface area contributed by atoms with Crippen molar-refractivity contribution in [2.45, 2.75) is 26.1 Å². The number of thiazole rings is 1. The molecule has 1 amide bonds. The maximum atomic E-state index is 12.7. The summed E-state index contributed by atoms with van der Waals surface area (Å²) in [5.74, 6) is 0.422.